The second kappa shape index (κ2) is 6.78. The Morgan fingerprint density at radius 2 is 2.05 bits per heavy atom. The molecule has 1 aromatic carbocycles. The van der Waals surface area contributed by atoms with Crippen molar-refractivity contribution < 1.29 is 0 Å². The molecule has 3 nitrogen and oxygen atoms in total. The van der Waals surface area contributed by atoms with Gasteiger partial charge in [-0.05, 0) is 30.9 Å². The standard InChI is InChI=1S/C15H21N3S/c1-12(13-4-6-14(19-3)7-5-13)16-9-8-15-17-10-11-18(15)2/h4-7,10-12,16H,8-9H2,1-3H3. The summed E-state index contributed by atoms with van der Waals surface area (Å²) in [6.07, 6.45) is 6.89. The number of hydrogen-bond acceptors (Lipinski definition) is 3. The molecular weight excluding hydrogens is 254 g/mol. The quantitative estimate of drug-likeness (QED) is 0.822. The predicted octanol–water partition coefficient (Wildman–Crippen LogP) is 3.04. The van der Waals surface area contributed by atoms with Crippen LogP contribution >= 0.6 is 11.8 Å². The Morgan fingerprint density at radius 3 is 2.63 bits per heavy atom. The van der Waals surface area contributed by atoms with Gasteiger partial charge in [0.15, 0.2) is 0 Å². The molecule has 0 aliphatic carbocycles. The van der Waals surface area contributed by atoms with Gasteiger partial charge in [-0.2, -0.15) is 0 Å². The molecule has 0 aliphatic heterocycles. The molecule has 0 bridgehead atoms. The lowest BCUT2D eigenvalue weighted by Gasteiger charge is -2.14. The molecule has 0 spiro atoms. The highest BCUT2D eigenvalue weighted by Crippen LogP contribution is 2.18. The zero-order valence-corrected chi connectivity index (χ0v) is 12.6. The van der Waals surface area contributed by atoms with Gasteiger partial charge in [-0.1, -0.05) is 12.1 Å². The average molecular weight is 275 g/mol. The molecular formula is C15H21N3S. The van der Waals surface area contributed by atoms with Crippen molar-refractivity contribution in [1.82, 2.24) is 14.9 Å². The van der Waals surface area contributed by atoms with Gasteiger partial charge >= 0.3 is 0 Å². The Labute approximate surface area is 119 Å². The molecule has 1 unspecified atom stereocenters. The third-order valence-corrected chi connectivity index (χ3v) is 4.08. The highest BCUT2D eigenvalue weighted by atomic mass is 32.2. The molecule has 0 saturated carbocycles. The van der Waals surface area contributed by atoms with Crippen LogP contribution in [0.5, 0.6) is 0 Å². The minimum absolute atomic E-state index is 0.371. The molecule has 0 radical (unpaired) electrons. The second-order valence-electron chi connectivity index (χ2n) is 4.65. The average Bonchev–Trinajstić information content (AvgIpc) is 2.84. The largest absolute Gasteiger partial charge is 0.338 e. The summed E-state index contributed by atoms with van der Waals surface area (Å²) >= 11 is 1.78. The molecule has 1 aromatic heterocycles. The first kappa shape index (κ1) is 14.2. The van der Waals surface area contributed by atoms with Gasteiger partial charge in [0.25, 0.3) is 0 Å². The first-order chi connectivity index (χ1) is 9.20. The maximum absolute atomic E-state index is 4.33. The van der Waals surface area contributed by atoms with Crippen LogP contribution in [0.4, 0.5) is 0 Å². The number of aromatic nitrogens is 2. The van der Waals surface area contributed by atoms with Crippen LogP contribution in [-0.2, 0) is 13.5 Å². The molecule has 102 valence electrons. The number of nitrogens with one attached hydrogen (secondary N) is 1. The molecule has 1 N–H and O–H groups in total. The van der Waals surface area contributed by atoms with Crippen molar-refractivity contribution in [1.29, 1.82) is 0 Å². The monoisotopic (exact) mass is 275 g/mol. The van der Waals surface area contributed by atoms with Gasteiger partial charge in [-0.3, -0.25) is 0 Å². The van der Waals surface area contributed by atoms with Crippen LogP contribution in [0.1, 0.15) is 24.4 Å². The van der Waals surface area contributed by atoms with Crippen molar-refractivity contribution in [2.75, 3.05) is 12.8 Å². The summed E-state index contributed by atoms with van der Waals surface area (Å²) in [5, 5.41) is 3.54. The van der Waals surface area contributed by atoms with Crippen LogP contribution in [0.25, 0.3) is 0 Å². The van der Waals surface area contributed by atoms with E-state index < -0.39 is 0 Å². The van der Waals surface area contributed by atoms with E-state index in [1.165, 1.54) is 10.5 Å². The van der Waals surface area contributed by atoms with Gasteiger partial charge in [-0.25, -0.2) is 4.98 Å². The van der Waals surface area contributed by atoms with E-state index in [9.17, 15) is 0 Å². The van der Waals surface area contributed by atoms with E-state index in [0.29, 0.717) is 6.04 Å². The number of benzene rings is 1. The third kappa shape index (κ3) is 3.85. The molecule has 0 amide bonds. The van der Waals surface area contributed by atoms with Crippen LogP contribution in [0, 0.1) is 0 Å². The number of rotatable bonds is 6. The van der Waals surface area contributed by atoms with Crippen LogP contribution in [0.2, 0.25) is 0 Å². The molecule has 4 heteroatoms. The smallest absolute Gasteiger partial charge is 0.109 e. The summed E-state index contributed by atoms with van der Waals surface area (Å²) in [6.45, 7) is 3.14. The van der Waals surface area contributed by atoms with Crippen LogP contribution < -0.4 is 5.32 Å². The van der Waals surface area contributed by atoms with Crippen LogP contribution in [0.3, 0.4) is 0 Å². The number of hydrogen-bond donors (Lipinski definition) is 1. The molecule has 0 aliphatic rings. The van der Waals surface area contributed by atoms with Crippen molar-refractivity contribution >= 4 is 11.8 Å². The summed E-state index contributed by atoms with van der Waals surface area (Å²) < 4.78 is 2.07. The molecule has 2 rings (SSSR count). The normalized spacial score (nSPS) is 12.6. The number of imidazole rings is 1. The number of aryl methyl sites for hydroxylation is 1. The van der Waals surface area contributed by atoms with Gasteiger partial charge in [0.05, 0.1) is 0 Å². The lowest BCUT2D eigenvalue weighted by Crippen LogP contribution is -2.22. The molecule has 0 fully saturated rings. The Balaban J connectivity index is 1.83. The summed E-state index contributed by atoms with van der Waals surface area (Å²) in [7, 11) is 2.03. The number of thioether (sulfide) groups is 1. The van der Waals surface area contributed by atoms with Gasteiger partial charge in [0.2, 0.25) is 0 Å². The van der Waals surface area contributed by atoms with E-state index in [1.54, 1.807) is 11.8 Å². The fraction of sp³-hybridized carbons (Fsp3) is 0.400. The zero-order valence-electron chi connectivity index (χ0n) is 11.8. The Kier molecular flexibility index (Phi) is 5.05. The molecule has 1 atom stereocenters. The Hall–Kier alpha value is -1.26. The van der Waals surface area contributed by atoms with E-state index in [1.807, 2.05) is 19.4 Å². The molecule has 2 aromatic rings. The van der Waals surface area contributed by atoms with E-state index in [-0.39, 0.29) is 0 Å². The predicted molar refractivity (Wildman–Crippen MR) is 81.6 cm³/mol. The SMILES string of the molecule is CSc1ccc(C(C)NCCc2nccn2C)cc1. The Bertz CT molecular complexity index is 504. The van der Waals surface area contributed by atoms with Crippen molar-refractivity contribution in [2.45, 2.75) is 24.3 Å². The highest BCUT2D eigenvalue weighted by Gasteiger charge is 2.05. The van der Waals surface area contributed by atoms with Gasteiger partial charge in [0.1, 0.15) is 5.82 Å². The van der Waals surface area contributed by atoms with E-state index in [2.05, 4.69) is 52.3 Å². The lowest BCUT2D eigenvalue weighted by molar-refractivity contribution is 0.565. The molecule has 19 heavy (non-hydrogen) atoms. The summed E-state index contributed by atoms with van der Waals surface area (Å²) in [4.78, 5) is 5.64. The minimum atomic E-state index is 0.371. The minimum Gasteiger partial charge on any atom is -0.338 e. The first-order valence-electron chi connectivity index (χ1n) is 6.54. The van der Waals surface area contributed by atoms with Crippen molar-refractivity contribution in [2.24, 2.45) is 7.05 Å². The number of nitrogens with zero attached hydrogens (tertiary/aromatic N) is 2. The summed E-state index contributed by atoms with van der Waals surface area (Å²) in [5.41, 5.74) is 1.33. The lowest BCUT2D eigenvalue weighted by atomic mass is 10.1. The second-order valence-corrected chi connectivity index (χ2v) is 5.53. The summed E-state index contributed by atoms with van der Waals surface area (Å²) in [6, 6.07) is 9.12. The van der Waals surface area contributed by atoms with Crippen molar-refractivity contribution in [3.05, 3.63) is 48.0 Å². The first-order valence-corrected chi connectivity index (χ1v) is 7.76. The van der Waals surface area contributed by atoms with Crippen molar-refractivity contribution in [3.63, 3.8) is 0 Å². The maximum atomic E-state index is 4.33. The van der Waals surface area contributed by atoms with Crippen LogP contribution in [0.15, 0.2) is 41.6 Å². The molecule has 0 saturated heterocycles. The van der Waals surface area contributed by atoms with Gasteiger partial charge in [-0.15, -0.1) is 11.8 Å². The third-order valence-electron chi connectivity index (χ3n) is 3.34. The fourth-order valence-corrected chi connectivity index (χ4v) is 2.46. The topological polar surface area (TPSA) is 29.9 Å². The Morgan fingerprint density at radius 1 is 1.32 bits per heavy atom. The summed E-state index contributed by atoms with van der Waals surface area (Å²) in [5.74, 6) is 1.12. The highest BCUT2D eigenvalue weighted by molar-refractivity contribution is 7.98. The maximum Gasteiger partial charge on any atom is 0.109 e. The van der Waals surface area contributed by atoms with Gasteiger partial charge in [0, 0.05) is 43.3 Å². The van der Waals surface area contributed by atoms with E-state index in [0.717, 1.165) is 18.8 Å². The fourth-order valence-electron chi connectivity index (χ4n) is 2.05. The van der Waals surface area contributed by atoms with Crippen LogP contribution in [-0.4, -0.2) is 22.4 Å². The van der Waals surface area contributed by atoms with Gasteiger partial charge < -0.3 is 9.88 Å². The molecule has 1 heterocycles. The van der Waals surface area contributed by atoms with E-state index >= 15 is 0 Å². The van der Waals surface area contributed by atoms with Crippen molar-refractivity contribution in [3.8, 4) is 0 Å². The van der Waals surface area contributed by atoms with E-state index in [4.69, 9.17) is 0 Å². The zero-order chi connectivity index (χ0) is 13.7.